The van der Waals surface area contributed by atoms with Gasteiger partial charge in [-0.05, 0) is 24.8 Å². The zero-order chi connectivity index (χ0) is 12.3. The molecule has 1 amide bonds. The van der Waals surface area contributed by atoms with Gasteiger partial charge < -0.3 is 10.1 Å². The summed E-state index contributed by atoms with van der Waals surface area (Å²) in [6.45, 7) is 0.517. The molecular formula is C13H18FNO2. The topological polar surface area (TPSA) is 38.3 Å². The number of rotatable bonds is 7. The maximum Gasteiger partial charge on any atom is 0.407 e. The van der Waals surface area contributed by atoms with E-state index in [-0.39, 0.29) is 13.3 Å². The van der Waals surface area contributed by atoms with E-state index in [0.29, 0.717) is 13.0 Å². The second kappa shape index (κ2) is 8.56. The fraction of sp³-hybridized carbons (Fsp3) is 0.462. The molecule has 94 valence electrons. The lowest BCUT2D eigenvalue weighted by Crippen LogP contribution is -2.25. The molecule has 0 aliphatic rings. The van der Waals surface area contributed by atoms with Crippen LogP contribution in [0.1, 0.15) is 24.8 Å². The van der Waals surface area contributed by atoms with Crippen LogP contribution < -0.4 is 5.32 Å². The lowest BCUT2D eigenvalue weighted by atomic mass is 10.2. The van der Waals surface area contributed by atoms with Crippen molar-refractivity contribution in [3.63, 3.8) is 0 Å². The molecule has 0 aliphatic carbocycles. The van der Waals surface area contributed by atoms with Crippen LogP contribution in [0.2, 0.25) is 0 Å². The third-order valence-electron chi connectivity index (χ3n) is 2.29. The third-order valence-corrected chi connectivity index (χ3v) is 2.29. The molecule has 1 aromatic carbocycles. The molecule has 17 heavy (non-hydrogen) atoms. The lowest BCUT2D eigenvalue weighted by molar-refractivity contribution is 0.139. The Morgan fingerprint density at radius 1 is 1.18 bits per heavy atom. The predicted molar refractivity (Wildman–Crippen MR) is 64.5 cm³/mol. The summed E-state index contributed by atoms with van der Waals surface area (Å²) in [5, 5.41) is 2.63. The van der Waals surface area contributed by atoms with Gasteiger partial charge in [-0.1, -0.05) is 30.3 Å². The fourth-order valence-electron chi connectivity index (χ4n) is 1.36. The lowest BCUT2D eigenvalue weighted by Gasteiger charge is -2.06. The maximum atomic E-state index is 11.8. The summed E-state index contributed by atoms with van der Waals surface area (Å²) in [5.74, 6) is 0. The highest BCUT2D eigenvalue weighted by Gasteiger charge is 2.01. The summed E-state index contributed by atoms with van der Waals surface area (Å²) in [6, 6.07) is 9.50. The number of carbonyl (C=O) groups excluding carboxylic acids is 1. The molecule has 0 saturated carbocycles. The summed E-state index contributed by atoms with van der Waals surface area (Å²) in [6.07, 6.45) is 1.70. The number of nitrogens with one attached hydrogen (secondary N) is 1. The smallest absolute Gasteiger partial charge is 0.407 e. The van der Waals surface area contributed by atoms with Gasteiger partial charge in [-0.15, -0.1) is 0 Å². The molecule has 0 radical (unpaired) electrons. The zero-order valence-corrected chi connectivity index (χ0v) is 9.82. The first-order valence-electron chi connectivity index (χ1n) is 5.83. The maximum absolute atomic E-state index is 11.8. The van der Waals surface area contributed by atoms with Gasteiger partial charge in [0.15, 0.2) is 0 Å². The monoisotopic (exact) mass is 239 g/mol. The Hall–Kier alpha value is -1.58. The molecule has 0 bridgehead atoms. The van der Waals surface area contributed by atoms with Gasteiger partial charge in [0.05, 0.1) is 6.67 Å². The van der Waals surface area contributed by atoms with Crippen LogP contribution >= 0.6 is 0 Å². The van der Waals surface area contributed by atoms with Gasteiger partial charge in [0, 0.05) is 6.54 Å². The first-order valence-corrected chi connectivity index (χ1v) is 5.83. The SMILES string of the molecule is O=C(NCCCCCF)OCc1ccccc1. The van der Waals surface area contributed by atoms with Crippen molar-refractivity contribution in [1.82, 2.24) is 5.32 Å². The Morgan fingerprint density at radius 3 is 2.65 bits per heavy atom. The average molecular weight is 239 g/mol. The van der Waals surface area contributed by atoms with Crippen molar-refractivity contribution in [1.29, 1.82) is 0 Å². The summed E-state index contributed by atoms with van der Waals surface area (Å²) >= 11 is 0. The molecule has 0 heterocycles. The second-order valence-corrected chi connectivity index (χ2v) is 3.74. The molecule has 0 aromatic heterocycles. The second-order valence-electron chi connectivity index (χ2n) is 3.74. The number of ether oxygens (including phenoxy) is 1. The summed E-state index contributed by atoms with van der Waals surface area (Å²) in [4.78, 5) is 11.2. The standard InChI is InChI=1S/C13H18FNO2/c14-9-5-2-6-10-15-13(16)17-11-12-7-3-1-4-8-12/h1,3-4,7-8H,2,5-6,9-11H2,(H,15,16). The van der Waals surface area contributed by atoms with E-state index in [4.69, 9.17) is 4.74 Å². The van der Waals surface area contributed by atoms with Crippen molar-refractivity contribution in [2.24, 2.45) is 0 Å². The Labute approximate surface area is 101 Å². The first kappa shape index (κ1) is 13.5. The molecule has 0 atom stereocenters. The third kappa shape index (κ3) is 6.56. The van der Waals surface area contributed by atoms with E-state index in [1.807, 2.05) is 30.3 Å². The van der Waals surface area contributed by atoms with Crippen LogP contribution in [0.3, 0.4) is 0 Å². The van der Waals surface area contributed by atoms with Crippen LogP contribution in [0.4, 0.5) is 9.18 Å². The van der Waals surface area contributed by atoms with E-state index in [1.54, 1.807) is 0 Å². The van der Waals surface area contributed by atoms with Crippen molar-refractivity contribution in [3.05, 3.63) is 35.9 Å². The number of amides is 1. The highest BCUT2D eigenvalue weighted by atomic mass is 19.1. The molecular weight excluding hydrogens is 221 g/mol. The molecule has 1 N–H and O–H groups in total. The number of alkyl carbamates (subject to hydrolysis) is 1. The van der Waals surface area contributed by atoms with Gasteiger partial charge in [0.25, 0.3) is 0 Å². The summed E-state index contributed by atoms with van der Waals surface area (Å²) in [7, 11) is 0. The van der Waals surface area contributed by atoms with Crippen LogP contribution in [0.5, 0.6) is 0 Å². The van der Waals surface area contributed by atoms with E-state index in [0.717, 1.165) is 18.4 Å². The van der Waals surface area contributed by atoms with E-state index in [2.05, 4.69) is 5.32 Å². The van der Waals surface area contributed by atoms with E-state index >= 15 is 0 Å². The van der Waals surface area contributed by atoms with Gasteiger partial charge >= 0.3 is 6.09 Å². The Balaban J connectivity index is 2.05. The number of halogens is 1. The zero-order valence-electron chi connectivity index (χ0n) is 9.82. The van der Waals surface area contributed by atoms with Crippen LogP contribution in [0.15, 0.2) is 30.3 Å². The molecule has 1 aromatic rings. The minimum Gasteiger partial charge on any atom is -0.445 e. The van der Waals surface area contributed by atoms with Gasteiger partial charge in [0.2, 0.25) is 0 Å². The van der Waals surface area contributed by atoms with Crippen molar-refractivity contribution in [3.8, 4) is 0 Å². The number of hydrogen-bond donors (Lipinski definition) is 1. The normalized spacial score (nSPS) is 9.94. The fourth-order valence-corrected chi connectivity index (χ4v) is 1.36. The number of unbranched alkanes of at least 4 members (excludes halogenated alkanes) is 2. The molecule has 0 spiro atoms. The Bertz CT molecular complexity index is 316. The van der Waals surface area contributed by atoms with Gasteiger partial charge in [0.1, 0.15) is 6.61 Å². The number of benzene rings is 1. The molecule has 4 heteroatoms. The van der Waals surface area contributed by atoms with Crippen LogP contribution in [0, 0.1) is 0 Å². The van der Waals surface area contributed by atoms with Crippen LogP contribution in [-0.4, -0.2) is 19.3 Å². The van der Waals surface area contributed by atoms with Crippen molar-refractivity contribution >= 4 is 6.09 Å². The van der Waals surface area contributed by atoms with Crippen molar-refractivity contribution in [2.75, 3.05) is 13.2 Å². The van der Waals surface area contributed by atoms with E-state index in [9.17, 15) is 9.18 Å². The summed E-state index contributed by atoms with van der Waals surface area (Å²) < 4.78 is 16.8. The van der Waals surface area contributed by atoms with Gasteiger partial charge in [-0.25, -0.2) is 4.79 Å². The molecule has 0 unspecified atom stereocenters. The first-order chi connectivity index (χ1) is 8.33. The average Bonchev–Trinajstić information content (AvgIpc) is 2.37. The number of carbonyl (C=O) groups is 1. The Morgan fingerprint density at radius 2 is 1.94 bits per heavy atom. The van der Waals surface area contributed by atoms with Crippen LogP contribution in [-0.2, 0) is 11.3 Å². The highest BCUT2D eigenvalue weighted by Crippen LogP contribution is 2.00. The summed E-state index contributed by atoms with van der Waals surface area (Å²) in [5.41, 5.74) is 0.958. The van der Waals surface area contributed by atoms with Crippen molar-refractivity contribution < 1.29 is 13.9 Å². The molecule has 0 fully saturated rings. The molecule has 0 saturated heterocycles. The minimum atomic E-state index is -0.422. The van der Waals surface area contributed by atoms with Gasteiger partial charge in [-0.3, -0.25) is 4.39 Å². The Kier molecular flexibility index (Phi) is 6.79. The van der Waals surface area contributed by atoms with Crippen LogP contribution in [0.25, 0.3) is 0 Å². The minimum absolute atomic E-state index is 0.275. The number of hydrogen-bond acceptors (Lipinski definition) is 2. The number of alkyl halides is 1. The van der Waals surface area contributed by atoms with Crippen molar-refractivity contribution in [2.45, 2.75) is 25.9 Å². The molecule has 1 rings (SSSR count). The van der Waals surface area contributed by atoms with E-state index < -0.39 is 6.09 Å². The predicted octanol–water partition coefficient (Wildman–Crippen LogP) is 3.05. The van der Waals surface area contributed by atoms with E-state index in [1.165, 1.54) is 0 Å². The van der Waals surface area contributed by atoms with Gasteiger partial charge in [-0.2, -0.15) is 0 Å². The molecule has 0 aliphatic heterocycles. The quantitative estimate of drug-likeness (QED) is 0.743. The largest absolute Gasteiger partial charge is 0.445 e. The molecule has 3 nitrogen and oxygen atoms in total. The highest BCUT2D eigenvalue weighted by molar-refractivity contribution is 5.67.